The van der Waals surface area contributed by atoms with Gasteiger partial charge in [0.05, 0.1) is 0 Å². The molecule has 0 bridgehead atoms. The minimum Gasteiger partial charge on any atom is -0.462 e. The number of ether oxygens (including phenoxy) is 3. The van der Waals surface area contributed by atoms with Crippen LogP contribution in [0.1, 0.15) is 156 Å². The number of rotatable bonds is 41. The molecule has 0 saturated heterocycles. The molecule has 0 radical (unpaired) electrons. The number of allylic oxidation sites excluding steroid dienone is 30. The van der Waals surface area contributed by atoms with Crippen molar-refractivity contribution in [3.05, 3.63) is 182 Å². The minimum atomic E-state index is -0.858. The van der Waals surface area contributed by atoms with Gasteiger partial charge in [-0.15, -0.1) is 0 Å². The number of esters is 3. The number of unbranched alkanes of at least 4 members (excludes halogenated alkanes) is 8. The lowest BCUT2D eigenvalue weighted by Crippen LogP contribution is -2.30. The molecule has 0 aliphatic rings. The molecule has 0 aromatic heterocycles. The third-order valence-electron chi connectivity index (χ3n) is 9.36. The van der Waals surface area contributed by atoms with Crippen LogP contribution in [-0.2, 0) is 28.6 Å². The SMILES string of the molecule is CC/C=C/C=C/C=C/C=C/C=C/CCCC(=O)OCC(COC(=O)CCCCCCC/C=C/C=C/C=C/C=C/C=C/CCC)OC(=O)CCC/C=C/C/C=C/C/C=C/C/C=C/C/C=C/CC. The molecule has 0 heterocycles. The van der Waals surface area contributed by atoms with Crippen molar-refractivity contribution in [2.45, 2.75) is 162 Å². The van der Waals surface area contributed by atoms with Crippen LogP contribution in [-0.4, -0.2) is 37.2 Å². The molecule has 1 atom stereocenters. The van der Waals surface area contributed by atoms with E-state index in [2.05, 4.69) is 112 Å². The van der Waals surface area contributed by atoms with E-state index in [0.717, 1.165) is 96.3 Å². The van der Waals surface area contributed by atoms with E-state index in [0.29, 0.717) is 19.3 Å². The van der Waals surface area contributed by atoms with E-state index in [9.17, 15) is 14.4 Å². The molecule has 0 fully saturated rings. The van der Waals surface area contributed by atoms with Crippen molar-refractivity contribution < 1.29 is 28.6 Å². The molecule has 0 amide bonds. The first-order valence-electron chi connectivity index (χ1n) is 24.9. The first-order chi connectivity index (χ1) is 32.5. The molecule has 6 nitrogen and oxygen atoms in total. The van der Waals surface area contributed by atoms with Gasteiger partial charge in [-0.05, 0) is 89.9 Å². The Labute approximate surface area is 402 Å². The van der Waals surface area contributed by atoms with E-state index in [1.807, 2.05) is 91.1 Å². The molecule has 0 aliphatic carbocycles. The molecule has 0 aromatic carbocycles. The van der Waals surface area contributed by atoms with E-state index in [-0.39, 0.29) is 38.0 Å². The summed E-state index contributed by atoms with van der Waals surface area (Å²) in [4.78, 5) is 37.9. The van der Waals surface area contributed by atoms with Crippen molar-refractivity contribution in [1.29, 1.82) is 0 Å². The van der Waals surface area contributed by atoms with Crippen molar-refractivity contribution in [2.24, 2.45) is 0 Å². The van der Waals surface area contributed by atoms with Gasteiger partial charge in [0, 0.05) is 19.3 Å². The standard InChI is InChI=1S/C60H86O6/c1-4-7-10-13-16-19-22-25-27-29-31-32-35-38-41-44-47-50-53-59(62)65-56-57(55-64-58(61)52-49-46-43-40-37-34-24-21-18-15-12-9-6-3)66-60(63)54-51-48-45-42-39-36-33-30-28-26-23-20-17-14-11-8-5-2/h8-13,15-22,24-29,31-34,36-37,40,42-43,45,57H,4-7,14,23,30,35,38-39,41,44,46-56H2,1-3H3/b11-8+,12-9+,13-10+,18-15+,19-16+,20-17+,24-21+,25-22+,28-26+,29-27+,32-31+,36-33+,37-34+,43-40+,45-42+. The molecular formula is C60H86O6. The first-order valence-corrected chi connectivity index (χ1v) is 24.9. The van der Waals surface area contributed by atoms with Crippen molar-refractivity contribution in [3.63, 3.8) is 0 Å². The van der Waals surface area contributed by atoms with Crippen LogP contribution in [0.25, 0.3) is 0 Å². The zero-order valence-corrected chi connectivity index (χ0v) is 41.1. The fourth-order valence-corrected chi connectivity index (χ4v) is 5.71. The van der Waals surface area contributed by atoms with Gasteiger partial charge in [0.1, 0.15) is 13.2 Å². The number of hydrogen-bond acceptors (Lipinski definition) is 6. The number of carbonyl (C=O) groups is 3. The predicted molar refractivity (Wildman–Crippen MR) is 283 cm³/mol. The lowest BCUT2D eigenvalue weighted by Gasteiger charge is -2.18. The van der Waals surface area contributed by atoms with Crippen LogP contribution in [0.3, 0.4) is 0 Å². The maximum Gasteiger partial charge on any atom is 0.306 e. The van der Waals surface area contributed by atoms with Gasteiger partial charge >= 0.3 is 17.9 Å². The van der Waals surface area contributed by atoms with Gasteiger partial charge in [-0.3, -0.25) is 14.4 Å². The Balaban J connectivity index is 4.68. The molecular weight excluding hydrogens is 817 g/mol. The Morgan fingerprint density at radius 1 is 0.333 bits per heavy atom. The summed E-state index contributed by atoms with van der Waals surface area (Å²) in [5.74, 6) is -1.13. The molecule has 0 rings (SSSR count). The van der Waals surface area contributed by atoms with Crippen molar-refractivity contribution in [1.82, 2.24) is 0 Å². The predicted octanol–water partition coefficient (Wildman–Crippen LogP) is 16.6. The highest BCUT2D eigenvalue weighted by atomic mass is 16.6. The van der Waals surface area contributed by atoms with Gasteiger partial charge in [-0.1, -0.05) is 229 Å². The Morgan fingerprint density at radius 3 is 1.17 bits per heavy atom. The molecule has 0 spiro atoms. The first kappa shape index (κ1) is 60.5. The summed E-state index contributed by atoms with van der Waals surface area (Å²) in [7, 11) is 0. The summed E-state index contributed by atoms with van der Waals surface area (Å²) in [5.41, 5.74) is 0. The smallest absolute Gasteiger partial charge is 0.306 e. The zero-order chi connectivity index (χ0) is 47.9. The fourth-order valence-electron chi connectivity index (χ4n) is 5.71. The second-order valence-corrected chi connectivity index (χ2v) is 15.5. The molecule has 362 valence electrons. The van der Waals surface area contributed by atoms with Crippen LogP contribution in [0.5, 0.6) is 0 Å². The van der Waals surface area contributed by atoms with Crippen LogP contribution in [0.2, 0.25) is 0 Å². The van der Waals surface area contributed by atoms with E-state index < -0.39 is 12.1 Å². The lowest BCUT2D eigenvalue weighted by atomic mass is 10.1. The third kappa shape index (κ3) is 49.5. The van der Waals surface area contributed by atoms with Crippen LogP contribution in [0.15, 0.2) is 182 Å². The largest absolute Gasteiger partial charge is 0.462 e. The van der Waals surface area contributed by atoms with Gasteiger partial charge < -0.3 is 14.2 Å². The average molecular weight is 903 g/mol. The molecule has 0 saturated carbocycles. The minimum absolute atomic E-state index is 0.148. The fraction of sp³-hybridized carbons (Fsp3) is 0.450. The molecule has 0 aliphatic heterocycles. The summed E-state index contributed by atoms with van der Waals surface area (Å²) in [5, 5.41) is 0. The second kappa shape index (κ2) is 52.1. The Morgan fingerprint density at radius 2 is 0.682 bits per heavy atom. The third-order valence-corrected chi connectivity index (χ3v) is 9.36. The van der Waals surface area contributed by atoms with Crippen LogP contribution >= 0.6 is 0 Å². The van der Waals surface area contributed by atoms with E-state index in [1.165, 1.54) is 6.42 Å². The maximum absolute atomic E-state index is 12.8. The molecule has 1 unspecified atom stereocenters. The molecule has 6 heteroatoms. The zero-order valence-electron chi connectivity index (χ0n) is 41.1. The van der Waals surface area contributed by atoms with Crippen molar-refractivity contribution in [3.8, 4) is 0 Å². The van der Waals surface area contributed by atoms with Crippen molar-refractivity contribution in [2.75, 3.05) is 13.2 Å². The van der Waals surface area contributed by atoms with Crippen molar-refractivity contribution >= 4 is 17.9 Å². The monoisotopic (exact) mass is 903 g/mol. The maximum atomic E-state index is 12.8. The molecule has 0 N–H and O–H groups in total. The molecule has 0 aromatic rings. The van der Waals surface area contributed by atoms with E-state index in [1.54, 1.807) is 0 Å². The topological polar surface area (TPSA) is 78.9 Å². The van der Waals surface area contributed by atoms with Gasteiger partial charge in [0.25, 0.3) is 0 Å². The summed E-state index contributed by atoms with van der Waals surface area (Å²) in [6.07, 6.45) is 78.8. The van der Waals surface area contributed by atoms with E-state index >= 15 is 0 Å². The second-order valence-electron chi connectivity index (χ2n) is 15.5. The number of carbonyl (C=O) groups excluding carboxylic acids is 3. The Kier molecular flexibility index (Phi) is 47.8. The Hall–Kier alpha value is -5.49. The highest BCUT2D eigenvalue weighted by Crippen LogP contribution is 2.10. The van der Waals surface area contributed by atoms with Crippen LogP contribution < -0.4 is 0 Å². The summed E-state index contributed by atoms with van der Waals surface area (Å²) in [6.45, 7) is 6.11. The average Bonchev–Trinajstić information content (AvgIpc) is 3.31. The van der Waals surface area contributed by atoms with Gasteiger partial charge in [0.2, 0.25) is 0 Å². The molecule has 66 heavy (non-hydrogen) atoms. The summed E-state index contributed by atoms with van der Waals surface area (Å²) >= 11 is 0. The normalized spacial score (nSPS) is 13.7. The van der Waals surface area contributed by atoms with Gasteiger partial charge in [0.15, 0.2) is 6.10 Å². The van der Waals surface area contributed by atoms with Crippen LogP contribution in [0, 0.1) is 0 Å². The lowest BCUT2D eigenvalue weighted by molar-refractivity contribution is -0.167. The van der Waals surface area contributed by atoms with Gasteiger partial charge in [-0.2, -0.15) is 0 Å². The van der Waals surface area contributed by atoms with E-state index in [4.69, 9.17) is 14.2 Å². The summed E-state index contributed by atoms with van der Waals surface area (Å²) in [6, 6.07) is 0. The highest BCUT2D eigenvalue weighted by Gasteiger charge is 2.19. The summed E-state index contributed by atoms with van der Waals surface area (Å²) < 4.78 is 16.6. The van der Waals surface area contributed by atoms with Gasteiger partial charge in [-0.25, -0.2) is 0 Å². The number of hydrogen-bond donors (Lipinski definition) is 0. The Bertz CT molecular complexity index is 1650. The highest BCUT2D eigenvalue weighted by molar-refractivity contribution is 5.71. The quantitative estimate of drug-likeness (QED) is 0.0200. The van der Waals surface area contributed by atoms with Crippen LogP contribution in [0.4, 0.5) is 0 Å².